The number of thiophene rings is 1. The lowest BCUT2D eigenvalue weighted by Gasteiger charge is -2.02. The lowest BCUT2D eigenvalue weighted by Crippen LogP contribution is -2.09. The van der Waals surface area contributed by atoms with E-state index in [0.29, 0.717) is 5.92 Å². The molecule has 0 atom stereocenters. The summed E-state index contributed by atoms with van der Waals surface area (Å²) < 4.78 is 0. The first-order valence-electron chi connectivity index (χ1n) is 5.40. The van der Waals surface area contributed by atoms with Crippen LogP contribution in [0.3, 0.4) is 0 Å². The summed E-state index contributed by atoms with van der Waals surface area (Å²) in [5.41, 5.74) is 2.08. The molecule has 2 aromatic heterocycles. The van der Waals surface area contributed by atoms with E-state index in [9.17, 15) is 4.79 Å². The number of nitrogens with one attached hydrogen (secondary N) is 1. The third-order valence-corrected chi connectivity index (χ3v) is 3.86. The van der Waals surface area contributed by atoms with Crippen LogP contribution in [0.15, 0.2) is 22.3 Å². The quantitative estimate of drug-likeness (QED) is 0.865. The molecule has 0 radical (unpaired) electrons. The van der Waals surface area contributed by atoms with Gasteiger partial charge in [0.25, 0.3) is 5.56 Å². The number of aromatic nitrogens is 2. The Labute approximate surface area is 97.2 Å². The normalized spacial score (nSPS) is 15.3. The molecule has 0 spiro atoms. The van der Waals surface area contributed by atoms with Gasteiger partial charge in [-0.1, -0.05) is 0 Å². The first-order chi connectivity index (χ1) is 7.74. The Morgan fingerprint density at radius 3 is 2.94 bits per heavy atom. The molecular weight excluding hydrogens is 220 g/mol. The van der Waals surface area contributed by atoms with Crippen LogP contribution in [0, 0.1) is 6.92 Å². The van der Waals surface area contributed by atoms with E-state index >= 15 is 0 Å². The van der Waals surface area contributed by atoms with Crippen molar-refractivity contribution in [3.8, 4) is 10.7 Å². The smallest absolute Gasteiger partial charge is 0.251 e. The summed E-state index contributed by atoms with van der Waals surface area (Å²) in [6, 6.07) is 3.67. The summed E-state index contributed by atoms with van der Waals surface area (Å²) >= 11 is 1.62. The Balaban J connectivity index is 2.13. The van der Waals surface area contributed by atoms with Gasteiger partial charge in [0.05, 0.1) is 10.6 Å². The second-order valence-electron chi connectivity index (χ2n) is 4.23. The summed E-state index contributed by atoms with van der Waals surface area (Å²) in [4.78, 5) is 20.0. The van der Waals surface area contributed by atoms with E-state index in [1.807, 2.05) is 18.4 Å². The third-order valence-electron chi connectivity index (χ3n) is 2.83. The Kier molecular flexibility index (Phi) is 2.17. The van der Waals surface area contributed by atoms with Gasteiger partial charge in [-0.25, -0.2) is 4.98 Å². The Morgan fingerprint density at radius 1 is 1.50 bits per heavy atom. The zero-order valence-corrected chi connectivity index (χ0v) is 9.80. The third kappa shape index (κ3) is 1.69. The van der Waals surface area contributed by atoms with Gasteiger partial charge in [-0.3, -0.25) is 4.79 Å². The molecule has 0 bridgehead atoms. The molecular formula is C12H12N2OS. The fraction of sp³-hybridized carbons (Fsp3) is 0.333. The Hall–Kier alpha value is -1.42. The highest BCUT2D eigenvalue weighted by atomic mass is 32.1. The van der Waals surface area contributed by atoms with Crippen LogP contribution in [-0.2, 0) is 0 Å². The fourth-order valence-corrected chi connectivity index (χ4v) is 2.66. The molecule has 1 saturated carbocycles. The summed E-state index contributed by atoms with van der Waals surface area (Å²) in [7, 11) is 0. The van der Waals surface area contributed by atoms with Gasteiger partial charge in [0, 0.05) is 12.0 Å². The van der Waals surface area contributed by atoms with E-state index in [1.165, 1.54) is 18.4 Å². The molecule has 1 aliphatic rings. The minimum atomic E-state index is -0.0419. The molecule has 0 aliphatic heterocycles. The predicted molar refractivity (Wildman–Crippen MR) is 64.9 cm³/mol. The van der Waals surface area contributed by atoms with Crippen LogP contribution >= 0.6 is 11.3 Å². The molecule has 0 saturated heterocycles. The van der Waals surface area contributed by atoms with Gasteiger partial charge in [0.2, 0.25) is 0 Å². The van der Waals surface area contributed by atoms with E-state index in [0.717, 1.165) is 16.4 Å². The van der Waals surface area contributed by atoms with Crippen molar-refractivity contribution >= 4 is 11.3 Å². The molecule has 4 heteroatoms. The second kappa shape index (κ2) is 3.56. The van der Waals surface area contributed by atoms with Gasteiger partial charge in [0.1, 0.15) is 0 Å². The Morgan fingerprint density at radius 2 is 2.31 bits per heavy atom. The first kappa shape index (κ1) is 9.78. The van der Waals surface area contributed by atoms with Crippen LogP contribution < -0.4 is 5.56 Å². The van der Waals surface area contributed by atoms with E-state index in [4.69, 9.17) is 0 Å². The van der Waals surface area contributed by atoms with E-state index in [-0.39, 0.29) is 5.56 Å². The Bertz CT molecular complexity index is 581. The zero-order chi connectivity index (χ0) is 11.1. The lowest BCUT2D eigenvalue weighted by atomic mass is 10.2. The maximum Gasteiger partial charge on any atom is 0.251 e. The average Bonchev–Trinajstić information content (AvgIpc) is 3.01. The van der Waals surface area contributed by atoms with Crippen molar-refractivity contribution in [2.75, 3.05) is 0 Å². The number of rotatable bonds is 2. The average molecular weight is 232 g/mol. The molecule has 0 unspecified atom stereocenters. The van der Waals surface area contributed by atoms with Crippen LogP contribution in [0.25, 0.3) is 10.7 Å². The molecule has 0 amide bonds. The lowest BCUT2D eigenvalue weighted by molar-refractivity contribution is 0.978. The summed E-state index contributed by atoms with van der Waals surface area (Å²) in [6.45, 7) is 2.04. The molecule has 2 aromatic rings. The number of nitrogens with zero attached hydrogens (tertiary/aromatic N) is 1. The second-order valence-corrected chi connectivity index (χ2v) is 5.14. The van der Waals surface area contributed by atoms with E-state index in [1.54, 1.807) is 17.4 Å². The molecule has 1 fully saturated rings. The summed E-state index contributed by atoms with van der Waals surface area (Å²) in [5, 5.41) is 2.02. The SMILES string of the molecule is Cc1ccsc1-c1nc(C2CC2)cc(=O)[nH]1. The van der Waals surface area contributed by atoms with Gasteiger partial charge in [-0.15, -0.1) is 11.3 Å². The first-order valence-corrected chi connectivity index (χ1v) is 6.28. The summed E-state index contributed by atoms with van der Waals surface area (Å²) in [5.74, 6) is 1.24. The minimum absolute atomic E-state index is 0.0419. The maximum absolute atomic E-state index is 11.6. The highest BCUT2D eigenvalue weighted by molar-refractivity contribution is 7.13. The fourth-order valence-electron chi connectivity index (χ4n) is 1.79. The van der Waals surface area contributed by atoms with Crippen molar-refractivity contribution in [2.24, 2.45) is 0 Å². The van der Waals surface area contributed by atoms with Crippen LogP contribution in [0.5, 0.6) is 0 Å². The van der Waals surface area contributed by atoms with E-state index < -0.39 is 0 Å². The van der Waals surface area contributed by atoms with Crippen molar-refractivity contribution in [1.29, 1.82) is 0 Å². The van der Waals surface area contributed by atoms with Gasteiger partial charge < -0.3 is 4.98 Å². The van der Waals surface area contributed by atoms with Crippen molar-refractivity contribution in [2.45, 2.75) is 25.7 Å². The van der Waals surface area contributed by atoms with Crippen LogP contribution in [-0.4, -0.2) is 9.97 Å². The highest BCUT2D eigenvalue weighted by Crippen LogP contribution is 2.39. The number of hydrogen-bond acceptors (Lipinski definition) is 3. The topological polar surface area (TPSA) is 45.8 Å². The highest BCUT2D eigenvalue weighted by Gasteiger charge is 2.26. The van der Waals surface area contributed by atoms with Crippen molar-refractivity contribution in [3.63, 3.8) is 0 Å². The van der Waals surface area contributed by atoms with Crippen molar-refractivity contribution < 1.29 is 0 Å². The molecule has 1 aliphatic carbocycles. The maximum atomic E-state index is 11.6. The molecule has 82 valence electrons. The predicted octanol–water partition coefficient (Wildman–Crippen LogP) is 2.68. The molecule has 16 heavy (non-hydrogen) atoms. The monoisotopic (exact) mass is 232 g/mol. The summed E-state index contributed by atoms with van der Waals surface area (Å²) in [6.07, 6.45) is 2.33. The van der Waals surface area contributed by atoms with Gasteiger partial charge in [0.15, 0.2) is 5.82 Å². The number of hydrogen-bond donors (Lipinski definition) is 1. The van der Waals surface area contributed by atoms with Crippen LogP contribution in [0.2, 0.25) is 0 Å². The largest absolute Gasteiger partial charge is 0.306 e. The van der Waals surface area contributed by atoms with Gasteiger partial charge in [-0.05, 0) is 36.8 Å². The molecule has 0 aromatic carbocycles. The molecule has 2 heterocycles. The molecule has 3 rings (SSSR count). The van der Waals surface area contributed by atoms with Crippen LogP contribution in [0.1, 0.15) is 30.0 Å². The number of aryl methyl sites for hydroxylation is 1. The zero-order valence-electron chi connectivity index (χ0n) is 8.99. The van der Waals surface area contributed by atoms with Crippen molar-refractivity contribution in [1.82, 2.24) is 9.97 Å². The minimum Gasteiger partial charge on any atom is -0.306 e. The van der Waals surface area contributed by atoms with Crippen LogP contribution in [0.4, 0.5) is 0 Å². The van der Waals surface area contributed by atoms with Crippen molar-refractivity contribution in [3.05, 3.63) is 39.1 Å². The molecule has 1 N–H and O–H groups in total. The number of aromatic amines is 1. The standard InChI is InChI=1S/C12H12N2OS/c1-7-4-5-16-11(7)12-13-9(8-2-3-8)6-10(15)14-12/h4-6,8H,2-3H2,1H3,(H,13,14,15). The number of H-pyrrole nitrogens is 1. The van der Waals surface area contributed by atoms with E-state index in [2.05, 4.69) is 9.97 Å². The molecule has 3 nitrogen and oxygen atoms in total. The van der Waals surface area contributed by atoms with Gasteiger partial charge in [-0.2, -0.15) is 0 Å². The van der Waals surface area contributed by atoms with Gasteiger partial charge >= 0.3 is 0 Å².